The van der Waals surface area contributed by atoms with E-state index in [1.807, 2.05) is 18.2 Å². The lowest BCUT2D eigenvalue weighted by atomic mass is 9.87. The van der Waals surface area contributed by atoms with Gasteiger partial charge in [0.2, 0.25) is 5.91 Å². The summed E-state index contributed by atoms with van der Waals surface area (Å²) in [4.78, 5) is 13.2. The molecule has 1 fully saturated rings. The number of amides is 1. The molecule has 1 unspecified atom stereocenters. The third-order valence-corrected chi connectivity index (χ3v) is 4.47. The molecule has 1 aromatic rings. The van der Waals surface area contributed by atoms with E-state index in [1.165, 1.54) is 0 Å². The molecule has 2 heterocycles. The maximum Gasteiger partial charge on any atom is 0.246 e. The third kappa shape index (κ3) is 1.37. The smallest absolute Gasteiger partial charge is 0.246 e. The van der Waals surface area contributed by atoms with Crippen LogP contribution < -0.4 is 10.6 Å². The van der Waals surface area contributed by atoms with Gasteiger partial charge in [0.1, 0.15) is 5.54 Å². The molecular formula is C11H11ClN2OS. The standard InChI is InChI=1S/C11H11ClN2OS/c12-7-1-2-9-8(5-7)11(3-4-16-9)10(15)13-6-14-11/h1-2,5,14H,3-4,6H2,(H,13,15). The second kappa shape index (κ2) is 3.65. The van der Waals surface area contributed by atoms with Crippen LogP contribution in [0, 0.1) is 0 Å². The number of rotatable bonds is 0. The minimum absolute atomic E-state index is 0.0660. The van der Waals surface area contributed by atoms with Crippen molar-refractivity contribution in [2.75, 3.05) is 12.4 Å². The molecule has 0 bridgehead atoms. The van der Waals surface area contributed by atoms with E-state index in [4.69, 9.17) is 11.6 Å². The molecule has 16 heavy (non-hydrogen) atoms. The van der Waals surface area contributed by atoms with Gasteiger partial charge in [-0.2, -0.15) is 0 Å². The average Bonchev–Trinajstić information content (AvgIpc) is 2.63. The monoisotopic (exact) mass is 254 g/mol. The number of hydrogen-bond acceptors (Lipinski definition) is 3. The number of thioether (sulfide) groups is 1. The van der Waals surface area contributed by atoms with Crippen LogP contribution in [-0.2, 0) is 10.3 Å². The van der Waals surface area contributed by atoms with Crippen LogP contribution in [0.15, 0.2) is 23.1 Å². The van der Waals surface area contributed by atoms with Crippen molar-refractivity contribution in [2.45, 2.75) is 16.9 Å². The van der Waals surface area contributed by atoms with Crippen LogP contribution in [0.1, 0.15) is 12.0 Å². The number of fused-ring (bicyclic) bond motifs is 2. The van der Waals surface area contributed by atoms with Crippen molar-refractivity contribution in [2.24, 2.45) is 0 Å². The van der Waals surface area contributed by atoms with E-state index in [-0.39, 0.29) is 5.91 Å². The summed E-state index contributed by atoms with van der Waals surface area (Å²) in [5.41, 5.74) is 0.470. The lowest BCUT2D eigenvalue weighted by molar-refractivity contribution is -0.124. The van der Waals surface area contributed by atoms with Crippen molar-refractivity contribution in [1.82, 2.24) is 10.6 Å². The molecule has 5 heteroatoms. The molecule has 1 spiro atoms. The van der Waals surface area contributed by atoms with Crippen molar-refractivity contribution in [3.63, 3.8) is 0 Å². The molecule has 1 amide bonds. The molecule has 2 aliphatic heterocycles. The van der Waals surface area contributed by atoms with E-state index < -0.39 is 5.54 Å². The van der Waals surface area contributed by atoms with Crippen LogP contribution in [0.3, 0.4) is 0 Å². The van der Waals surface area contributed by atoms with E-state index in [9.17, 15) is 4.79 Å². The lowest BCUT2D eigenvalue weighted by Gasteiger charge is -2.32. The number of hydrogen-bond donors (Lipinski definition) is 2. The molecule has 0 aromatic heterocycles. The zero-order chi connectivity index (χ0) is 11.2. The Balaban J connectivity index is 2.18. The zero-order valence-electron chi connectivity index (χ0n) is 8.55. The van der Waals surface area contributed by atoms with E-state index >= 15 is 0 Å². The van der Waals surface area contributed by atoms with Gasteiger partial charge in [0.05, 0.1) is 6.67 Å². The Labute approximate surface area is 103 Å². The van der Waals surface area contributed by atoms with E-state index in [1.54, 1.807) is 11.8 Å². The molecule has 2 N–H and O–H groups in total. The number of carbonyl (C=O) groups excluding carboxylic acids is 1. The minimum atomic E-state index is -0.550. The molecule has 0 aliphatic carbocycles. The Morgan fingerprint density at radius 3 is 3.06 bits per heavy atom. The summed E-state index contributed by atoms with van der Waals surface area (Å²) in [6.45, 7) is 0.537. The van der Waals surface area contributed by atoms with Crippen LogP contribution in [-0.4, -0.2) is 18.3 Å². The highest BCUT2D eigenvalue weighted by molar-refractivity contribution is 7.99. The second-order valence-electron chi connectivity index (χ2n) is 4.00. The topological polar surface area (TPSA) is 41.1 Å². The first kappa shape index (κ1) is 10.4. The molecule has 1 aromatic carbocycles. The summed E-state index contributed by atoms with van der Waals surface area (Å²) in [5.74, 6) is 1.02. The van der Waals surface area contributed by atoms with E-state index in [0.717, 1.165) is 22.6 Å². The molecular weight excluding hydrogens is 244 g/mol. The Morgan fingerprint density at radius 2 is 2.31 bits per heavy atom. The molecule has 1 saturated heterocycles. The predicted molar refractivity (Wildman–Crippen MR) is 64.6 cm³/mol. The highest BCUT2D eigenvalue weighted by Gasteiger charge is 2.46. The van der Waals surface area contributed by atoms with E-state index in [2.05, 4.69) is 10.6 Å². The first-order valence-electron chi connectivity index (χ1n) is 5.18. The van der Waals surface area contributed by atoms with Gasteiger partial charge in [0, 0.05) is 15.7 Å². The third-order valence-electron chi connectivity index (χ3n) is 3.16. The van der Waals surface area contributed by atoms with Gasteiger partial charge in [0.15, 0.2) is 0 Å². The Bertz CT molecular complexity index is 465. The van der Waals surface area contributed by atoms with Crippen LogP contribution in [0.5, 0.6) is 0 Å². The fraction of sp³-hybridized carbons (Fsp3) is 0.364. The van der Waals surface area contributed by atoms with Gasteiger partial charge in [-0.25, -0.2) is 0 Å². The summed E-state index contributed by atoms with van der Waals surface area (Å²) >= 11 is 7.80. The molecule has 1 atom stereocenters. The number of benzene rings is 1. The van der Waals surface area contributed by atoms with Crippen LogP contribution in [0.25, 0.3) is 0 Å². The van der Waals surface area contributed by atoms with E-state index in [0.29, 0.717) is 11.7 Å². The summed E-state index contributed by atoms with van der Waals surface area (Å²) in [7, 11) is 0. The van der Waals surface area contributed by atoms with Gasteiger partial charge < -0.3 is 5.32 Å². The second-order valence-corrected chi connectivity index (χ2v) is 5.58. The SMILES string of the molecule is O=C1NCNC12CCSc1ccc(Cl)cc12. The first-order valence-corrected chi connectivity index (χ1v) is 6.55. The molecule has 3 nitrogen and oxygen atoms in total. The fourth-order valence-electron chi connectivity index (χ4n) is 2.34. The van der Waals surface area contributed by atoms with Crippen LogP contribution in [0.4, 0.5) is 0 Å². The van der Waals surface area contributed by atoms with Gasteiger partial charge in [-0.1, -0.05) is 11.6 Å². The highest BCUT2D eigenvalue weighted by atomic mass is 35.5. The fourth-order valence-corrected chi connectivity index (χ4v) is 3.69. The van der Waals surface area contributed by atoms with Gasteiger partial charge in [0.25, 0.3) is 0 Å². The van der Waals surface area contributed by atoms with Gasteiger partial charge in [-0.15, -0.1) is 11.8 Å². The molecule has 0 radical (unpaired) electrons. The maximum absolute atomic E-state index is 12.0. The maximum atomic E-state index is 12.0. The van der Waals surface area contributed by atoms with Gasteiger partial charge >= 0.3 is 0 Å². The first-order chi connectivity index (χ1) is 7.72. The lowest BCUT2D eigenvalue weighted by Crippen LogP contribution is -2.45. The van der Waals surface area contributed by atoms with Crippen molar-refractivity contribution >= 4 is 29.3 Å². The summed E-state index contributed by atoms with van der Waals surface area (Å²) in [5, 5.41) is 6.79. The Hall–Kier alpha value is -0.710. The molecule has 2 aliphatic rings. The average molecular weight is 255 g/mol. The van der Waals surface area contributed by atoms with Gasteiger partial charge in [-0.3, -0.25) is 10.1 Å². The minimum Gasteiger partial charge on any atom is -0.342 e. The summed E-state index contributed by atoms with van der Waals surface area (Å²) in [6.07, 6.45) is 0.816. The number of halogens is 1. The molecule has 84 valence electrons. The van der Waals surface area contributed by atoms with Crippen molar-refractivity contribution in [3.05, 3.63) is 28.8 Å². The van der Waals surface area contributed by atoms with Gasteiger partial charge in [-0.05, 0) is 30.2 Å². The summed E-state index contributed by atoms with van der Waals surface area (Å²) in [6, 6.07) is 5.77. The van der Waals surface area contributed by atoms with Crippen LogP contribution in [0.2, 0.25) is 5.02 Å². The Kier molecular flexibility index (Phi) is 2.38. The largest absolute Gasteiger partial charge is 0.342 e. The normalized spacial score (nSPS) is 27.9. The number of nitrogens with one attached hydrogen (secondary N) is 2. The number of carbonyl (C=O) groups is 1. The van der Waals surface area contributed by atoms with Crippen molar-refractivity contribution in [3.8, 4) is 0 Å². The Morgan fingerprint density at radius 1 is 1.44 bits per heavy atom. The quantitative estimate of drug-likeness (QED) is 0.741. The predicted octanol–water partition coefficient (Wildman–Crippen LogP) is 1.71. The molecule has 3 rings (SSSR count). The van der Waals surface area contributed by atoms with Crippen molar-refractivity contribution in [1.29, 1.82) is 0 Å². The summed E-state index contributed by atoms with van der Waals surface area (Å²) < 4.78 is 0. The highest BCUT2D eigenvalue weighted by Crippen LogP contribution is 2.42. The van der Waals surface area contributed by atoms with Crippen LogP contribution >= 0.6 is 23.4 Å². The zero-order valence-corrected chi connectivity index (χ0v) is 10.1. The molecule has 0 saturated carbocycles. The van der Waals surface area contributed by atoms with Crippen molar-refractivity contribution < 1.29 is 4.79 Å².